The van der Waals surface area contributed by atoms with Gasteiger partial charge in [-0.25, -0.2) is 0 Å². The molecule has 9 heteroatoms. The SMILES string of the molecule is Cc1nn(CC(=O)Nc2cnn(Cc3ccccc3)c2)cc1[N+](=O)[O-]. The summed E-state index contributed by atoms with van der Waals surface area (Å²) in [7, 11) is 0. The van der Waals surface area contributed by atoms with Crippen LogP contribution >= 0.6 is 0 Å². The molecular formula is C16H16N6O3. The van der Waals surface area contributed by atoms with Crippen molar-refractivity contribution in [3.63, 3.8) is 0 Å². The summed E-state index contributed by atoms with van der Waals surface area (Å²) in [6.07, 6.45) is 4.52. The molecule has 2 heterocycles. The molecule has 0 unspecified atom stereocenters. The molecule has 3 rings (SSSR count). The van der Waals surface area contributed by atoms with Gasteiger partial charge in [-0.05, 0) is 12.5 Å². The lowest BCUT2D eigenvalue weighted by atomic mass is 10.2. The van der Waals surface area contributed by atoms with Crippen LogP contribution in [0, 0.1) is 17.0 Å². The first-order valence-corrected chi connectivity index (χ1v) is 7.56. The number of aromatic nitrogens is 4. The zero-order valence-electron chi connectivity index (χ0n) is 13.5. The van der Waals surface area contributed by atoms with Crippen LogP contribution in [-0.4, -0.2) is 30.4 Å². The molecule has 128 valence electrons. The van der Waals surface area contributed by atoms with Crippen molar-refractivity contribution < 1.29 is 9.72 Å². The Morgan fingerprint density at radius 3 is 2.68 bits per heavy atom. The van der Waals surface area contributed by atoms with Gasteiger partial charge in [0.1, 0.15) is 18.4 Å². The Morgan fingerprint density at radius 2 is 2.00 bits per heavy atom. The highest BCUT2D eigenvalue weighted by Gasteiger charge is 2.16. The lowest BCUT2D eigenvalue weighted by Crippen LogP contribution is -2.18. The predicted octanol–water partition coefficient (Wildman–Crippen LogP) is 1.98. The normalized spacial score (nSPS) is 10.6. The van der Waals surface area contributed by atoms with Gasteiger partial charge in [-0.2, -0.15) is 10.2 Å². The average molecular weight is 340 g/mol. The summed E-state index contributed by atoms with van der Waals surface area (Å²) in [6, 6.07) is 9.83. The van der Waals surface area contributed by atoms with E-state index in [2.05, 4.69) is 15.5 Å². The van der Waals surface area contributed by atoms with E-state index in [1.165, 1.54) is 17.8 Å². The zero-order valence-corrected chi connectivity index (χ0v) is 13.5. The van der Waals surface area contributed by atoms with Crippen molar-refractivity contribution in [2.24, 2.45) is 0 Å². The minimum absolute atomic E-state index is 0.108. The predicted molar refractivity (Wildman–Crippen MR) is 90.0 cm³/mol. The maximum atomic E-state index is 12.1. The van der Waals surface area contributed by atoms with Gasteiger partial charge in [-0.3, -0.25) is 24.3 Å². The molecule has 0 radical (unpaired) electrons. The molecule has 2 aromatic heterocycles. The van der Waals surface area contributed by atoms with Gasteiger partial charge in [0.05, 0.1) is 23.4 Å². The Bertz CT molecular complexity index is 900. The summed E-state index contributed by atoms with van der Waals surface area (Å²) in [4.78, 5) is 22.3. The highest BCUT2D eigenvalue weighted by atomic mass is 16.6. The molecule has 1 aromatic carbocycles. The molecule has 0 bridgehead atoms. The number of aryl methyl sites for hydroxylation is 1. The number of nitrogens with zero attached hydrogens (tertiary/aromatic N) is 5. The van der Waals surface area contributed by atoms with E-state index in [0.717, 1.165) is 5.56 Å². The first kappa shape index (κ1) is 16.4. The first-order valence-electron chi connectivity index (χ1n) is 7.56. The van der Waals surface area contributed by atoms with Crippen LogP contribution in [0.1, 0.15) is 11.3 Å². The van der Waals surface area contributed by atoms with E-state index in [4.69, 9.17) is 0 Å². The fourth-order valence-corrected chi connectivity index (χ4v) is 2.40. The molecule has 0 aliphatic carbocycles. The van der Waals surface area contributed by atoms with Gasteiger partial charge < -0.3 is 5.32 Å². The van der Waals surface area contributed by atoms with Gasteiger partial charge in [0.2, 0.25) is 5.91 Å². The molecule has 1 N–H and O–H groups in total. The second-order valence-electron chi connectivity index (χ2n) is 5.51. The molecule has 0 aliphatic heterocycles. The van der Waals surface area contributed by atoms with Gasteiger partial charge in [0, 0.05) is 6.20 Å². The summed E-state index contributed by atoms with van der Waals surface area (Å²) < 4.78 is 2.96. The third-order valence-corrected chi connectivity index (χ3v) is 3.53. The van der Waals surface area contributed by atoms with Crippen molar-refractivity contribution in [2.45, 2.75) is 20.0 Å². The maximum Gasteiger partial charge on any atom is 0.309 e. The Balaban J connectivity index is 1.60. The van der Waals surface area contributed by atoms with Gasteiger partial charge in [0.15, 0.2) is 0 Å². The van der Waals surface area contributed by atoms with Crippen molar-refractivity contribution in [2.75, 3.05) is 5.32 Å². The number of hydrogen-bond donors (Lipinski definition) is 1. The molecule has 0 saturated heterocycles. The van der Waals surface area contributed by atoms with Crippen LogP contribution in [0.15, 0.2) is 48.9 Å². The lowest BCUT2D eigenvalue weighted by Gasteiger charge is -2.03. The molecule has 25 heavy (non-hydrogen) atoms. The number of nitrogens with one attached hydrogen (secondary N) is 1. The standard InChI is InChI=1S/C16H16N6O3/c1-12-15(22(24)25)10-21(19-12)11-16(23)18-14-7-17-20(9-14)8-13-5-3-2-4-6-13/h2-7,9-10H,8,11H2,1H3,(H,18,23). The Kier molecular flexibility index (Phi) is 4.55. The number of rotatable bonds is 6. The number of hydrogen-bond acceptors (Lipinski definition) is 5. The molecule has 9 nitrogen and oxygen atoms in total. The molecule has 1 amide bonds. The van der Waals surface area contributed by atoms with E-state index in [9.17, 15) is 14.9 Å². The van der Waals surface area contributed by atoms with Crippen LogP contribution in [0.25, 0.3) is 0 Å². The second kappa shape index (κ2) is 6.95. The summed E-state index contributed by atoms with van der Waals surface area (Å²) in [5.74, 6) is -0.336. The molecule has 0 spiro atoms. The van der Waals surface area contributed by atoms with E-state index in [1.54, 1.807) is 17.1 Å². The van der Waals surface area contributed by atoms with Gasteiger partial charge in [-0.15, -0.1) is 0 Å². The van der Waals surface area contributed by atoms with Gasteiger partial charge >= 0.3 is 5.69 Å². The van der Waals surface area contributed by atoms with E-state index >= 15 is 0 Å². The van der Waals surface area contributed by atoms with Crippen LogP contribution < -0.4 is 5.32 Å². The summed E-state index contributed by atoms with van der Waals surface area (Å²) in [6.45, 7) is 2.01. The molecule has 3 aromatic rings. The largest absolute Gasteiger partial charge is 0.322 e. The van der Waals surface area contributed by atoms with E-state index < -0.39 is 4.92 Å². The number of carbonyl (C=O) groups is 1. The van der Waals surface area contributed by atoms with Crippen LogP contribution in [0.5, 0.6) is 0 Å². The molecule has 0 atom stereocenters. The van der Waals surface area contributed by atoms with E-state index in [0.29, 0.717) is 12.2 Å². The van der Waals surface area contributed by atoms with E-state index in [-0.39, 0.29) is 23.8 Å². The molecule has 0 saturated carbocycles. The average Bonchev–Trinajstić information content (AvgIpc) is 3.14. The zero-order chi connectivity index (χ0) is 17.8. The minimum atomic E-state index is -0.523. The fourth-order valence-electron chi connectivity index (χ4n) is 2.40. The molecule has 0 aliphatic rings. The third-order valence-electron chi connectivity index (χ3n) is 3.53. The number of nitro groups is 1. The number of carbonyl (C=O) groups excluding carboxylic acids is 1. The Hall–Kier alpha value is -3.49. The van der Waals surface area contributed by atoms with Gasteiger partial charge in [-0.1, -0.05) is 30.3 Å². The van der Waals surface area contributed by atoms with Crippen molar-refractivity contribution in [3.8, 4) is 0 Å². The fraction of sp³-hybridized carbons (Fsp3) is 0.188. The Morgan fingerprint density at radius 1 is 1.24 bits per heavy atom. The summed E-state index contributed by atoms with van der Waals surface area (Å²) in [5, 5.41) is 21.7. The summed E-state index contributed by atoms with van der Waals surface area (Å²) >= 11 is 0. The molecule has 0 fully saturated rings. The maximum absolute atomic E-state index is 12.1. The van der Waals surface area contributed by atoms with E-state index in [1.807, 2.05) is 30.3 Å². The topological polar surface area (TPSA) is 108 Å². The van der Waals surface area contributed by atoms with Crippen LogP contribution in [-0.2, 0) is 17.9 Å². The quantitative estimate of drug-likeness (QED) is 0.545. The van der Waals surface area contributed by atoms with Crippen LogP contribution in [0.4, 0.5) is 11.4 Å². The number of amides is 1. The van der Waals surface area contributed by atoms with Crippen molar-refractivity contribution in [1.29, 1.82) is 0 Å². The second-order valence-corrected chi connectivity index (χ2v) is 5.51. The monoisotopic (exact) mass is 340 g/mol. The smallest absolute Gasteiger partial charge is 0.309 e. The lowest BCUT2D eigenvalue weighted by molar-refractivity contribution is -0.385. The highest BCUT2D eigenvalue weighted by molar-refractivity contribution is 5.90. The Labute approximate surface area is 143 Å². The van der Waals surface area contributed by atoms with Crippen molar-refractivity contribution in [3.05, 3.63) is 70.3 Å². The number of anilines is 1. The van der Waals surface area contributed by atoms with Crippen molar-refractivity contribution >= 4 is 17.3 Å². The van der Waals surface area contributed by atoms with Gasteiger partial charge in [0.25, 0.3) is 0 Å². The minimum Gasteiger partial charge on any atom is -0.322 e. The third kappa shape index (κ3) is 4.08. The van der Waals surface area contributed by atoms with Crippen LogP contribution in [0.3, 0.4) is 0 Å². The highest BCUT2D eigenvalue weighted by Crippen LogP contribution is 2.15. The number of benzene rings is 1. The summed E-state index contributed by atoms with van der Waals surface area (Å²) in [5.41, 5.74) is 1.82. The van der Waals surface area contributed by atoms with Crippen molar-refractivity contribution in [1.82, 2.24) is 19.6 Å². The first-order chi connectivity index (χ1) is 12.0. The van der Waals surface area contributed by atoms with Crippen LogP contribution in [0.2, 0.25) is 0 Å². The molecular weight excluding hydrogens is 324 g/mol.